The van der Waals surface area contributed by atoms with E-state index in [-0.39, 0.29) is 34.0 Å². The largest absolute Gasteiger partial charge is 1.00 e. The molecule has 2 aromatic carbocycles. The van der Waals surface area contributed by atoms with Gasteiger partial charge in [-0.1, -0.05) is 60.7 Å². The molecule has 0 radical (unpaired) electrons. The van der Waals surface area contributed by atoms with Gasteiger partial charge in [0.15, 0.2) is 0 Å². The summed E-state index contributed by atoms with van der Waals surface area (Å²) >= 11 is 0. The summed E-state index contributed by atoms with van der Waals surface area (Å²) in [5, 5.41) is 0. The summed E-state index contributed by atoms with van der Waals surface area (Å²) in [5.41, 5.74) is 3.01. The van der Waals surface area contributed by atoms with Gasteiger partial charge in [0.2, 0.25) is 0 Å². The number of piperazine rings is 3. The molecule has 0 atom stereocenters. The summed E-state index contributed by atoms with van der Waals surface area (Å²) in [7, 11) is 0. The monoisotopic (exact) mass is 452 g/mol. The van der Waals surface area contributed by atoms with Crippen LogP contribution in [0.15, 0.2) is 60.7 Å². The van der Waals surface area contributed by atoms with Crippen molar-refractivity contribution in [2.75, 3.05) is 39.3 Å². The number of rotatable bonds is 4. The van der Waals surface area contributed by atoms with E-state index in [4.69, 9.17) is 0 Å². The van der Waals surface area contributed by atoms with Crippen molar-refractivity contribution in [2.45, 2.75) is 13.1 Å². The molecule has 3 saturated heterocycles. The van der Waals surface area contributed by atoms with Gasteiger partial charge in [0, 0.05) is 11.1 Å². The SMILES string of the molecule is [Br-].[Br-].c1ccc(C[N+]23CC[N+](Cc4ccccc4)(CC2)CC3)cc1. The normalized spacial score (nSPS) is 27.8. The number of quaternary nitrogens is 2. The van der Waals surface area contributed by atoms with Crippen LogP contribution in [0.25, 0.3) is 0 Å². The van der Waals surface area contributed by atoms with Crippen LogP contribution in [-0.4, -0.2) is 48.2 Å². The molecule has 24 heavy (non-hydrogen) atoms. The van der Waals surface area contributed by atoms with E-state index in [2.05, 4.69) is 60.7 Å². The van der Waals surface area contributed by atoms with E-state index < -0.39 is 0 Å². The predicted molar refractivity (Wildman–Crippen MR) is 90.0 cm³/mol. The van der Waals surface area contributed by atoms with Crippen LogP contribution in [0.1, 0.15) is 11.1 Å². The minimum Gasteiger partial charge on any atom is -1.00 e. The smallest absolute Gasteiger partial charge is 0.129 e. The van der Waals surface area contributed by atoms with Crippen molar-refractivity contribution >= 4 is 0 Å². The van der Waals surface area contributed by atoms with Gasteiger partial charge in [-0.3, -0.25) is 0 Å². The van der Waals surface area contributed by atoms with Crippen LogP contribution in [0, 0.1) is 0 Å². The van der Waals surface area contributed by atoms with Crippen LogP contribution < -0.4 is 34.0 Å². The van der Waals surface area contributed by atoms with Crippen LogP contribution >= 0.6 is 0 Å². The summed E-state index contributed by atoms with van der Waals surface area (Å²) in [6, 6.07) is 22.1. The fraction of sp³-hybridized carbons (Fsp3) is 0.400. The third-order valence-electron chi connectivity index (χ3n) is 5.87. The molecule has 0 spiro atoms. The summed E-state index contributed by atoms with van der Waals surface area (Å²) < 4.78 is 2.64. The van der Waals surface area contributed by atoms with Gasteiger partial charge in [-0.05, 0) is 0 Å². The molecule has 3 aliphatic rings. The first kappa shape index (κ1) is 19.6. The Bertz CT molecular complexity index is 549. The van der Waals surface area contributed by atoms with Crippen LogP contribution in [0.5, 0.6) is 0 Å². The second-order valence-electron chi connectivity index (χ2n) is 7.31. The Labute approximate surface area is 166 Å². The molecule has 2 aromatic rings. The van der Waals surface area contributed by atoms with Crippen molar-refractivity contribution in [3.8, 4) is 0 Å². The minimum absolute atomic E-state index is 0. The molecule has 0 unspecified atom stereocenters. The first-order valence-electron chi connectivity index (χ1n) is 8.56. The lowest BCUT2D eigenvalue weighted by atomic mass is 10.0. The summed E-state index contributed by atoms with van der Waals surface area (Å²) in [6.07, 6.45) is 0. The van der Waals surface area contributed by atoms with E-state index >= 15 is 0 Å². The van der Waals surface area contributed by atoms with Gasteiger partial charge < -0.3 is 42.9 Å². The van der Waals surface area contributed by atoms with Crippen molar-refractivity contribution in [3.63, 3.8) is 0 Å². The third-order valence-corrected chi connectivity index (χ3v) is 5.87. The molecule has 3 heterocycles. The van der Waals surface area contributed by atoms with Crippen molar-refractivity contribution in [3.05, 3.63) is 71.8 Å². The Morgan fingerprint density at radius 1 is 0.500 bits per heavy atom. The van der Waals surface area contributed by atoms with Crippen LogP contribution in [-0.2, 0) is 13.1 Å². The van der Waals surface area contributed by atoms with Crippen molar-refractivity contribution in [2.24, 2.45) is 0 Å². The first-order valence-corrected chi connectivity index (χ1v) is 8.56. The highest BCUT2D eigenvalue weighted by Crippen LogP contribution is 2.30. The van der Waals surface area contributed by atoms with E-state index in [1.807, 2.05) is 0 Å². The van der Waals surface area contributed by atoms with Gasteiger partial charge in [-0.2, -0.15) is 0 Å². The van der Waals surface area contributed by atoms with Gasteiger partial charge in [0.1, 0.15) is 52.4 Å². The molecule has 0 amide bonds. The predicted octanol–water partition coefficient (Wildman–Crippen LogP) is -2.94. The van der Waals surface area contributed by atoms with E-state index in [0.717, 1.165) is 0 Å². The van der Waals surface area contributed by atoms with Crippen molar-refractivity contribution in [1.82, 2.24) is 0 Å². The standard InChI is InChI=1S/C20H26N2.2BrH/c1-3-7-19(8-4-1)17-21-11-14-22(15-12-21,16-13-21)18-20-9-5-2-6-10-20;;/h1-10H,11-18H2;2*1H/q+2;;/p-2. The summed E-state index contributed by atoms with van der Waals surface area (Å²) in [4.78, 5) is 0. The number of benzene rings is 2. The van der Waals surface area contributed by atoms with E-state index in [0.29, 0.717) is 0 Å². The second kappa shape index (κ2) is 8.13. The second-order valence-corrected chi connectivity index (χ2v) is 7.31. The topological polar surface area (TPSA) is 0 Å². The number of hydrogen-bond donors (Lipinski definition) is 0. The quantitative estimate of drug-likeness (QED) is 0.434. The molecule has 3 aliphatic heterocycles. The van der Waals surface area contributed by atoms with E-state index in [1.165, 1.54) is 72.5 Å². The summed E-state index contributed by atoms with van der Waals surface area (Å²) in [5.74, 6) is 0. The molecular weight excluding hydrogens is 428 g/mol. The zero-order chi connectivity index (χ0) is 14.9. The number of hydrogen-bond acceptors (Lipinski definition) is 0. The lowest BCUT2D eigenvalue weighted by Crippen LogP contribution is -3.00. The molecule has 0 aromatic heterocycles. The lowest BCUT2D eigenvalue weighted by molar-refractivity contribution is -1.09. The van der Waals surface area contributed by atoms with Crippen LogP contribution in [0.3, 0.4) is 0 Å². The molecule has 3 fully saturated rings. The number of fused-ring (bicyclic) bond motifs is 3. The molecule has 130 valence electrons. The Kier molecular flexibility index (Phi) is 6.66. The molecule has 2 bridgehead atoms. The average Bonchev–Trinajstić information content (AvgIpc) is 2.58. The molecule has 0 aliphatic carbocycles. The highest BCUT2D eigenvalue weighted by atomic mass is 79.9. The van der Waals surface area contributed by atoms with Crippen LogP contribution in [0.2, 0.25) is 0 Å². The highest BCUT2D eigenvalue weighted by Gasteiger charge is 2.48. The maximum atomic E-state index is 2.29. The van der Waals surface area contributed by atoms with E-state index in [1.54, 1.807) is 0 Å². The lowest BCUT2D eigenvalue weighted by Gasteiger charge is -2.55. The first-order chi connectivity index (χ1) is 10.8. The fourth-order valence-electron chi connectivity index (χ4n) is 4.36. The molecule has 5 rings (SSSR count). The minimum atomic E-state index is 0. The van der Waals surface area contributed by atoms with Gasteiger partial charge in [-0.25, -0.2) is 0 Å². The maximum absolute atomic E-state index is 2.29. The van der Waals surface area contributed by atoms with Crippen molar-refractivity contribution in [1.29, 1.82) is 0 Å². The number of halogens is 2. The van der Waals surface area contributed by atoms with Gasteiger partial charge in [0.05, 0.1) is 0 Å². The highest BCUT2D eigenvalue weighted by molar-refractivity contribution is 5.14. The Hall–Kier alpha value is -0.680. The third kappa shape index (κ3) is 4.10. The molecular formula is C20H26Br2N2. The number of nitrogens with zero attached hydrogens (tertiary/aromatic N) is 2. The fourth-order valence-corrected chi connectivity index (χ4v) is 4.36. The Morgan fingerprint density at radius 3 is 1.08 bits per heavy atom. The molecule has 4 heteroatoms. The maximum Gasteiger partial charge on any atom is 0.129 e. The van der Waals surface area contributed by atoms with Crippen molar-refractivity contribution < 1.29 is 42.9 Å². The van der Waals surface area contributed by atoms with Crippen LogP contribution in [0.4, 0.5) is 0 Å². The average molecular weight is 454 g/mol. The van der Waals surface area contributed by atoms with E-state index in [9.17, 15) is 0 Å². The molecule has 0 N–H and O–H groups in total. The zero-order valence-corrected chi connectivity index (χ0v) is 17.3. The zero-order valence-electron chi connectivity index (χ0n) is 14.1. The molecule has 2 nitrogen and oxygen atoms in total. The van der Waals surface area contributed by atoms with Gasteiger partial charge in [-0.15, -0.1) is 0 Å². The summed E-state index contributed by atoms with van der Waals surface area (Å²) in [6.45, 7) is 10.6. The Morgan fingerprint density at radius 2 is 0.792 bits per heavy atom. The Balaban J connectivity index is 0.00000104. The molecule has 0 saturated carbocycles. The van der Waals surface area contributed by atoms with Gasteiger partial charge in [0.25, 0.3) is 0 Å². The van der Waals surface area contributed by atoms with Gasteiger partial charge >= 0.3 is 0 Å².